The molecule has 0 radical (unpaired) electrons. The molecule has 0 aliphatic heterocycles. The minimum atomic E-state index is 0.170. The Kier molecular flexibility index (Phi) is 10.8. The number of halogens is 2. The fourth-order valence-corrected chi connectivity index (χ4v) is 3.77. The molecule has 0 aromatic heterocycles. The number of benzene rings is 2. The molecule has 0 spiro atoms. The maximum atomic E-state index is 2.45. The standard InChI is InChI=1S/C15H11.C11H17.2HI.Zr/c1-2-6-12(7-3-1)15-10-13-8-4-5-9-14(13)11-15;1-6-11-9(4)7(2)8(3)10(11)5;;;/h1-11H;6H2,1-5H3;2*1H;/q2*-1;;;+4/p-2. The molecule has 0 nitrogen and oxygen atoms in total. The molecule has 0 fully saturated rings. The van der Waals surface area contributed by atoms with Gasteiger partial charge in [-0.1, -0.05) is 95.1 Å². The van der Waals surface area contributed by atoms with Crippen LogP contribution in [0, 0.1) is 27.7 Å². The van der Waals surface area contributed by atoms with Crippen LogP contribution in [0.15, 0.2) is 66.7 Å². The molecule has 0 amide bonds. The van der Waals surface area contributed by atoms with Crippen molar-refractivity contribution < 1.29 is 14.9 Å². The summed E-state index contributed by atoms with van der Waals surface area (Å²) >= 11 is 5.06. The predicted octanol–water partition coefficient (Wildman–Crippen LogP) is 9.20. The number of hydrogen-bond donors (Lipinski definition) is 0. The Balaban J connectivity index is 0.000000190. The monoisotopic (exact) mass is 684 g/mol. The van der Waals surface area contributed by atoms with Gasteiger partial charge in [0.15, 0.2) is 0 Å². The molecule has 4 aromatic rings. The van der Waals surface area contributed by atoms with E-state index in [9.17, 15) is 0 Å². The van der Waals surface area contributed by atoms with Gasteiger partial charge >= 0.3 is 50.9 Å². The summed E-state index contributed by atoms with van der Waals surface area (Å²) in [6.45, 7) is 11.1. The Morgan fingerprint density at radius 1 is 0.828 bits per heavy atom. The summed E-state index contributed by atoms with van der Waals surface area (Å²) in [6, 6.07) is 23.4. The first-order valence-electron chi connectivity index (χ1n) is 9.83. The molecule has 0 aliphatic carbocycles. The van der Waals surface area contributed by atoms with E-state index in [-0.39, 0.29) is 14.9 Å². The quantitative estimate of drug-likeness (QED) is 0.146. The first kappa shape index (κ1) is 25.0. The molecule has 0 saturated carbocycles. The molecule has 4 rings (SSSR count). The van der Waals surface area contributed by atoms with Crippen LogP contribution >= 0.6 is 36.1 Å². The van der Waals surface area contributed by atoms with Crippen LogP contribution in [0.5, 0.6) is 0 Å². The predicted molar refractivity (Wildman–Crippen MR) is 143 cm³/mol. The number of hydrogen-bond acceptors (Lipinski definition) is 0. The van der Waals surface area contributed by atoms with Crippen LogP contribution in [0.3, 0.4) is 0 Å². The fourth-order valence-electron chi connectivity index (χ4n) is 3.77. The second-order valence-corrected chi connectivity index (χ2v) is 26.1. The Bertz CT molecular complexity index is 967. The normalized spacial score (nSPS) is 9.90. The molecule has 0 N–H and O–H groups in total. The van der Waals surface area contributed by atoms with Gasteiger partial charge in [-0.15, -0.1) is 34.5 Å². The number of fused-ring (bicyclic) bond motifs is 1. The van der Waals surface area contributed by atoms with Gasteiger partial charge in [0.1, 0.15) is 0 Å². The van der Waals surface area contributed by atoms with Gasteiger partial charge in [-0.25, -0.2) is 0 Å². The van der Waals surface area contributed by atoms with Crippen molar-refractivity contribution in [2.24, 2.45) is 0 Å². The van der Waals surface area contributed by atoms with Crippen molar-refractivity contribution in [1.29, 1.82) is 0 Å². The largest absolute Gasteiger partial charge is 0.145 e. The summed E-state index contributed by atoms with van der Waals surface area (Å²) in [7, 11) is 0. The van der Waals surface area contributed by atoms with Crippen LogP contribution < -0.4 is 0 Å². The van der Waals surface area contributed by atoms with Crippen molar-refractivity contribution >= 4 is 46.9 Å². The zero-order valence-electron chi connectivity index (χ0n) is 17.8. The number of rotatable bonds is 2. The van der Waals surface area contributed by atoms with E-state index in [1.807, 2.05) is 6.07 Å². The second-order valence-electron chi connectivity index (χ2n) is 7.14. The third-order valence-electron chi connectivity index (χ3n) is 5.67. The summed E-state index contributed by atoms with van der Waals surface area (Å²) in [5.41, 5.74) is 10.1. The van der Waals surface area contributed by atoms with Gasteiger partial charge in [0.05, 0.1) is 0 Å². The minimum Gasteiger partial charge on any atom is -0.145 e. The van der Waals surface area contributed by atoms with Crippen LogP contribution in [0.25, 0.3) is 21.9 Å². The molecule has 0 atom stereocenters. The molecule has 0 aliphatic rings. The first-order valence-corrected chi connectivity index (χ1v) is 24.5. The smallest absolute Gasteiger partial charge is 0.0635 e. The van der Waals surface area contributed by atoms with E-state index in [1.54, 1.807) is 5.56 Å². The summed E-state index contributed by atoms with van der Waals surface area (Å²) < 4.78 is 0. The van der Waals surface area contributed by atoms with Gasteiger partial charge in [0.2, 0.25) is 0 Å². The summed E-state index contributed by atoms with van der Waals surface area (Å²) in [4.78, 5) is 0. The zero-order chi connectivity index (χ0) is 21.4. The van der Waals surface area contributed by atoms with Crippen molar-refractivity contribution in [3.8, 4) is 11.1 Å². The molecule has 0 heterocycles. The maximum Gasteiger partial charge on any atom is -0.0635 e. The Morgan fingerprint density at radius 2 is 1.34 bits per heavy atom. The van der Waals surface area contributed by atoms with Crippen LogP contribution in [-0.4, -0.2) is 0 Å². The van der Waals surface area contributed by atoms with Gasteiger partial charge in [0, 0.05) is 0 Å². The van der Waals surface area contributed by atoms with Gasteiger partial charge in [-0.3, -0.25) is 0 Å². The molecule has 29 heavy (non-hydrogen) atoms. The molecule has 150 valence electrons. The molecular weight excluding hydrogens is 657 g/mol. The van der Waals surface area contributed by atoms with Crippen molar-refractivity contribution in [2.75, 3.05) is 0 Å². The molecular formula is C26H28I2Zr. The van der Waals surface area contributed by atoms with E-state index in [2.05, 4.69) is 131 Å². The van der Waals surface area contributed by atoms with E-state index in [0.717, 1.165) is 0 Å². The van der Waals surface area contributed by atoms with Gasteiger partial charge in [-0.05, 0) is 0 Å². The SMILES string of the molecule is CC[c-]1c(C)c(C)c(C)c1C.[I][Zr+2][I].c1ccc(-c2cc3ccccc3[cH-]2)cc1. The maximum absolute atomic E-state index is 2.45. The minimum absolute atomic E-state index is 0.170. The average Bonchev–Trinajstić information content (AvgIpc) is 3.25. The van der Waals surface area contributed by atoms with E-state index >= 15 is 0 Å². The van der Waals surface area contributed by atoms with Crippen molar-refractivity contribution in [2.45, 2.75) is 41.0 Å². The third kappa shape index (κ3) is 6.61. The Morgan fingerprint density at radius 3 is 1.83 bits per heavy atom. The Hall–Kier alpha value is -0.257. The van der Waals surface area contributed by atoms with E-state index < -0.39 is 0 Å². The van der Waals surface area contributed by atoms with Crippen LogP contribution in [0.1, 0.15) is 34.7 Å². The van der Waals surface area contributed by atoms with Gasteiger partial charge in [0.25, 0.3) is 0 Å². The third-order valence-corrected chi connectivity index (χ3v) is 5.67. The van der Waals surface area contributed by atoms with E-state index in [1.165, 1.54) is 50.6 Å². The van der Waals surface area contributed by atoms with Crippen LogP contribution in [0.4, 0.5) is 0 Å². The topological polar surface area (TPSA) is 0 Å². The van der Waals surface area contributed by atoms with E-state index in [0.29, 0.717) is 0 Å². The van der Waals surface area contributed by atoms with Crippen LogP contribution in [-0.2, 0) is 21.3 Å². The first-order chi connectivity index (χ1) is 13.9. The van der Waals surface area contributed by atoms with Crippen molar-refractivity contribution in [3.63, 3.8) is 0 Å². The van der Waals surface area contributed by atoms with Crippen molar-refractivity contribution in [1.82, 2.24) is 0 Å². The zero-order valence-corrected chi connectivity index (χ0v) is 24.6. The molecule has 3 heteroatoms. The molecule has 4 aromatic carbocycles. The second kappa shape index (κ2) is 12.6. The summed E-state index contributed by atoms with van der Waals surface area (Å²) in [5, 5.41) is 2.63. The summed E-state index contributed by atoms with van der Waals surface area (Å²) in [5.74, 6) is 0. The fraction of sp³-hybridized carbons (Fsp3) is 0.231. The van der Waals surface area contributed by atoms with Gasteiger partial charge < -0.3 is 0 Å². The van der Waals surface area contributed by atoms with Crippen LogP contribution in [0.2, 0.25) is 0 Å². The van der Waals surface area contributed by atoms with Crippen molar-refractivity contribution in [3.05, 3.63) is 94.5 Å². The summed E-state index contributed by atoms with van der Waals surface area (Å²) in [6.07, 6.45) is 1.17. The molecule has 0 unspecified atom stereocenters. The average molecular weight is 686 g/mol. The molecule has 0 bridgehead atoms. The molecule has 0 saturated heterocycles. The van der Waals surface area contributed by atoms with E-state index in [4.69, 9.17) is 0 Å². The Labute approximate surface area is 206 Å². The van der Waals surface area contributed by atoms with Gasteiger partial charge in [-0.2, -0.15) is 27.8 Å².